The summed E-state index contributed by atoms with van der Waals surface area (Å²) in [6, 6.07) is 0. The van der Waals surface area contributed by atoms with Crippen LogP contribution < -0.4 is 29.6 Å². The summed E-state index contributed by atoms with van der Waals surface area (Å²) in [4.78, 5) is 0. The molecule has 10 heavy (non-hydrogen) atoms. The van der Waals surface area contributed by atoms with Crippen LogP contribution in [0.5, 0.6) is 0 Å². The van der Waals surface area contributed by atoms with E-state index in [4.69, 9.17) is 0 Å². The van der Waals surface area contributed by atoms with E-state index in [-0.39, 0.29) is 29.6 Å². The molecule has 5 heteroatoms. The van der Waals surface area contributed by atoms with E-state index in [1.165, 1.54) is 0 Å². The van der Waals surface area contributed by atoms with E-state index in [1.807, 2.05) is 0 Å². The molecule has 0 aromatic rings. The number of alkyl halides is 1. The van der Waals surface area contributed by atoms with Crippen molar-refractivity contribution in [2.45, 2.75) is 19.3 Å². The Morgan fingerprint density at radius 3 is 2.30 bits per heavy atom. The number of halogens is 1. The Morgan fingerprint density at radius 2 is 1.90 bits per heavy atom. The third-order valence-electron chi connectivity index (χ3n) is 0.945. The average Bonchev–Trinajstić information content (AvgIpc) is 1.80. The van der Waals surface area contributed by atoms with E-state index in [1.54, 1.807) is 0 Å². The Balaban J connectivity index is 0. The molecule has 0 heterocycles. The smallest absolute Gasteiger partial charge is 0.772 e. The molecule has 0 saturated carbocycles. The molecule has 0 aromatic carbocycles. The van der Waals surface area contributed by atoms with Gasteiger partial charge in [-0.05, 0) is 12.8 Å². The van der Waals surface area contributed by atoms with Gasteiger partial charge < -0.3 is 4.55 Å². The summed E-state index contributed by atoms with van der Waals surface area (Å²) in [6.07, 6.45) is 2.86. The van der Waals surface area contributed by atoms with Crippen molar-refractivity contribution in [1.29, 1.82) is 0 Å². The molecule has 56 valence electrons. The van der Waals surface area contributed by atoms with Gasteiger partial charge in [0.25, 0.3) is 0 Å². The topological polar surface area (TPSA) is 40.1 Å². The van der Waals surface area contributed by atoms with Crippen LogP contribution in [0.4, 0.5) is 0 Å². The minimum absolute atomic E-state index is 0. The standard InChI is InChI=1S/C5H11BrO2S.Na/c6-4-2-1-3-5-9(7)8;/h1-5H2,(H,7,8);/q;+1/p-1. The Morgan fingerprint density at radius 1 is 1.30 bits per heavy atom. The molecule has 2 nitrogen and oxygen atoms in total. The van der Waals surface area contributed by atoms with Crippen LogP contribution in [0.3, 0.4) is 0 Å². The normalized spacial score (nSPS) is 12.2. The van der Waals surface area contributed by atoms with Crippen molar-refractivity contribution < 1.29 is 38.3 Å². The molecule has 0 N–H and O–H groups in total. The number of hydrogen-bond donors (Lipinski definition) is 0. The van der Waals surface area contributed by atoms with Crippen molar-refractivity contribution >= 4 is 27.0 Å². The first-order valence-electron chi connectivity index (χ1n) is 2.89. The molecule has 0 amide bonds. The number of hydrogen-bond acceptors (Lipinski definition) is 2. The third kappa shape index (κ3) is 12.3. The first-order chi connectivity index (χ1) is 4.27. The SMILES string of the molecule is O=S([O-])CCCCCBr.[Na+]. The van der Waals surface area contributed by atoms with Crippen LogP contribution in [-0.2, 0) is 11.1 Å². The van der Waals surface area contributed by atoms with Gasteiger partial charge in [-0.25, -0.2) is 0 Å². The first-order valence-corrected chi connectivity index (χ1v) is 5.25. The second-order valence-corrected chi connectivity index (χ2v) is 3.57. The molecule has 0 rings (SSSR count). The van der Waals surface area contributed by atoms with Gasteiger partial charge >= 0.3 is 29.6 Å². The fraction of sp³-hybridized carbons (Fsp3) is 1.00. The molecule has 0 aliphatic rings. The number of rotatable bonds is 5. The van der Waals surface area contributed by atoms with Crippen molar-refractivity contribution in [2.24, 2.45) is 0 Å². The molecule has 0 fully saturated rings. The van der Waals surface area contributed by atoms with Gasteiger partial charge in [-0.3, -0.25) is 4.21 Å². The Bertz CT molecular complexity index is 91.7. The Hall–Kier alpha value is 1.59. The maximum Gasteiger partial charge on any atom is 1.00 e. The van der Waals surface area contributed by atoms with E-state index in [0.717, 1.165) is 24.6 Å². The largest absolute Gasteiger partial charge is 1.00 e. The fourth-order valence-electron chi connectivity index (χ4n) is 0.491. The zero-order valence-corrected chi connectivity index (χ0v) is 10.5. The van der Waals surface area contributed by atoms with Crippen molar-refractivity contribution in [1.82, 2.24) is 0 Å². The quantitative estimate of drug-likeness (QED) is 0.251. The summed E-state index contributed by atoms with van der Waals surface area (Å²) in [5, 5.41) is 0.971. The predicted octanol–water partition coefficient (Wildman–Crippen LogP) is -1.57. The second kappa shape index (κ2) is 10.6. The summed E-state index contributed by atoms with van der Waals surface area (Å²) in [6.45, 7) is 0. The molecule has 0 saturated heterocycles. The van der Waals surface area contributed by atoms with Gasteiger partial charge in [0.1, 0.15) is 0 Å². The molecule has 0 radical (unpaired) electrons. The molecular weight excluding hydrogens is 227 g/mol. The van der Waals surface area contributed by atoms with Gasteiger partial charge in [0, 0.05) is 11.1 Å². The summed E-state index contributed by atoms with van der Waals surface area (Å²) >= 11 is 1.43. The fourth-order valence-corrected chi connectivity index (χ4v) is 1.33. The molecule has 0 aliphatic heterocycles. The summed E-state index contributed by atoms with van der Waals surface area (Å²) < 4.78 is 19.9. The van der Waals surface area contributed by atoms with Gasteiger partial charge in [0.2, 0.25) is 0 Å². The maximum atomic E-state index is 9.95. The Labute approximate surface area is 94.9 Å². The van der Waals surface area contributed by atoms with Crippen LogP contribution in [0.1, 0.15) is 19.3 Å². The monoisotopic (exact) mass is 236 g/mol. The zero-order chi connectivity index (χ0) is 7.11. The second-order valence-electron chi connectivity index (χ2n) is 1.76. The molecule has 1 unspecified atom stereocenters. The van der Waals surface area contributed by atoms with Gasteiger partial charge in [-0.15, -0.1) is 0 Å². The molecule has 0 bridgehead atoms. The first kappa shape index (κ1) is 14.1. The van der Waals surface area contributed by atoms with Crippen LogP contribution in [0.15, 0.2) is 0 Å². The van der Waals surface area contributed by atoms with Crippen molar-refractivity contribution in [3.05, 3.63) is 0 Å². The van der Waals surface area contributed by atoms with Crippen LogP contribution in [-0.4, -0.2) is 19.8 Å². The van der Waals surface area contributed by atoms with Gasteiger partial charge in [-0.2, -0.15) is 0 Å². The molecule has 0 spiro atoms. The Kier molecular flexibility index (Phi) is 15.0. The maximum absolute atomic E-state index is 9.95. The third-order valence-corrected chi connectivity index (χ3v) is 2.13. The minimum Gasteiger partial charge on any atom is -0.772 e. The van der Waals surface area contributed by atoms with Crippen molar-refractivity contribution in [3.8, 4) is 0 Å². The van der Waals surface area contributed by atoms with E-state index in [9.17, 15) is 8.76 Å². The summed E-state index contributed by atoms with van der Waals surface area (Å²) in [5.74, 6) is 0.312. The minimum atomic E-state index is -1.83. The van der Waals surface area contributed by atoms with Crippen LogP contribution in [0.2, 0.25) is 0 Å². The average molecular weight is 237 g/mol. The predicted molar refractivity (Wildman–Crippen MR) is 41.4 cm³/mol. The molecule has 0 aromatic heterocycles. The van der Waals surface area contributed by atoms with Crippen LogP contribution in [0.25, 0.3) is 0 Å². The van der Waals surface area contributed by atoms with E-state index < -0.39 is 11.1 Å². The molecule has 1 atom stereocenters. The number of unbranched alkanes of at least 4 members (excludes halogenated alkanes) is 2. The molecule has 0 aliphatic carbocycles. The summed E-state index contributed by atoms with van der Waals surface area (Å²) in [5.41, 5.74) is 0. The van der Waals surface area contributed by atoms with Gasteiger partial charge in [-0.1, -0.05) is 33.4 Å². The van der Waals surface area contributed by atoms with Crippen molar-refractivity contribution in [3.63, 3.8) is 0 Å². The molecular formula is C5H10BrNaO2S. The van der Waals surface area contributed by atoms with E-state index in [2.05, 4.69) is 15.9 Å². The van der Waals surface area contributed by atoms with E-state index >= 15 is 0 Å². The van der Waals surface area contributed by atoms with Crippen LogP contribution in [0, 0.1) is 0 Å². The van der Waals surface area contributed by atoms with Gasteiger partial charge in [0.15, 0.2) is 0 Å². The van der Waals surface area contributed by atoms with E-state index in [0.29, 0.717) is 5.75 Å². The van der Waals surface area contributed by atoms with Gasteiger partial charge in [0.05, 0.1) is 0 Å². The van der Waals surface area contributed by atoms with Crippen LogP contribution >= 0.6 is 15.9 Å². The summed E-state index contributed by atoms with van der Waals surface area (Å²) in [7, 11) is 0. The van der Waals surface area contributed by atoms with Crippen molar-refractivity contribution in [2.75, 3.05) is 11.1 Å². The zero-order valence-electron chi connectivity index (χ0n) is 6.14.